The van der Waals surface area contributed by atoms with E-state index in [0.29, 0.717) is 25.2 Å². The molecule has 23 heavy (non-hydrogen) atoms. The van der Waals surface area contributed by atoms with Gasteiger partial charge in [0.25, 0.3) is 5.91 Å². The molecule has 0 aromatic heterocycles. The number of piperidine rings is 1. The molecule has 2 rings (SSSR count). The van der Waals surface area contributed by atoms with Gasteiger partial charge in [-0.1, -0.05) is 18.2 Å². The molecule has 0 aliphatic carbocycles. The second kappa shape index (κ2) is 6.71. The van der Waals surface area contributed by atoms with E-state index in [9.17, 15) is 9.59 Å². The molecule has 0 spiro atoms. The van der Waals surface area contributed by atoms with Gasteiger partial charge in [-0.2, -0.15) is 0 Å². The Morgan fingerprint density at radius 3 is 2.57 bits per heavy atom. The number of carbonyl (C=O) groups excluding carboxylic acids is 2. The first-order chi connectivity index (χ1) is 10.7. The van der Waals surface area contributed by atoms with Gasteiger partial charge in [0.1, 0.15) is 0 Å². The Morgan fingerprint density at radius 2 is 1.96 bits per heavy atom. The lowest BCUT2D eigenvalue weighted by Crippen LogP contribution is -2.54. The van der Waals surface area contributed by atoms with Crippen molar-refractivity contribution in [1.82, 2.24) is 10.2 Å². The largest absolute Gasteiger partial charge is 0.354 e. The van der Waals surface area contributed by atoms with E-state index in [1.165, 1.54) is 0 Å². The average Bonchev–Trinajstić information content (AvgIpc) is 2.52. The highest BCUT2D eigenvalue weighted by Crippen LogP contribution is 2.30. The molecule has 0 radical (unpaired) electrons. The monoisotopic (exact) mass is 317 g/mol. The van der Waals surface area contributed by atoms with Crippen LogP contribution < -0.4 is 11.1 Å². The standard InChI is InChI=1S/C18H27N3O2/c1-17(2,19)12-20-16(23)18(3)10-7-11-21(13-18)15(22)14-8-5-4-6-9-14/h4-6,8-9H,7,10-13,19H2,1-3H3,(H,20,23). The van der Waals surface area contributed by atoms with E-state index in [2.05, 4.69) is 5.32 Å². The number of nitrogens with two attached hydrogens (primary N) is 1. The average molecular weight is 317 g/mol. The van der Waals surface area contributed by atoms with Crippen molar-refractivity contribution in [1.29, 1.82) is 0 Å². The molecule has 1 atom stereocenters. The van der Waals surface area contributed by atoms with Crippen molar-refractivity contribution in [3.8, 4) is 0 Å². The number of hydrogen-bond acceptors (Lipinski definition) is 3. The summed E-state index contributed by atoms with van der Waals surface area (Å²) in [5.74, 6) is -0.0370. The van der Waals surface area contributed by atoms with Crippen LogP contribution in [0, 0.1) is 5.41 Å². The Bertz CT molecular complexity index is 565. The minimum atomic E-state index is -0.562. The van der Waals surface area contributed by atoms with Crippen LogP contribution in [0.15, 0.2) is 30.3 Å². The van der Waals surface area contributed by atoms with Crippen LogP contribution in [0.5, 0.6) is 0 Å². The minimum Gasteiger partial charge on any atom is -0.354 e. The molecule has 5 nitrogen and oxygen atoms in total. The van der Waals surface area contributed by atoms with E-state index in [0.717, 1.165) is 12.8 Å². The van der Waals surface area contributed by atoms with E-state index in [-0.39, 0.29) is 11.8 Å². The summed E-state index contributed by atoms with van der Waals surface area (Å²) in [5, 5.41) is 2.93. The van der Waals surface area contributed by atoms with E-state index in [1.807, 2.05) is 51.1 Å². The topological polar surface area (TPSA) is 75.4 Å². The van der Waals surface area contributed by atoms with E-state index in [1.54, 1.807) is 4.90 Å². The summed E-state index contributed by atoms with van der Waals surface area (Å²) < 4.78 is 0. The molecular formula is C18H27N3O2. The van der Waals surface area contributed by atoms with Crippen LogP contribution in [-0.4, -0.2) is 41.9 Å². The lowest BCUT2D eigenvalue weighted by Gasteiger charge is -2.39. The first kappa shape index (κ1) is 17.5. The van der Waals surface area contributed by atoms with Crippen LogP contribution >= 0.6 is 0 Å². The molecule has 1 aliphatic rings. The summed E-state index contributed by atoms with van der Waals surface area (Å²) in [6, 6.07) is 9.22. The Kier molecular flexibility index (Phi) is 5.09. The van der Waals surface area contributed by atoms with E-state index >= 15 is 0 Å². The first-order valence-corrected chi connectivity index (χ1v) is 8.13. The summed E-state index contributed by atoms with van der Waals surface area (Å²) in [6.07, 6.45) is 1.61. The summed E-state index contributed by atoms with van der Waals surface area (Å²) in [5.41, 5.74) is 5.59. The first-order valence-electron chi connectivity index (χ1n) is 8.13. The van der Waals surface area contributed by atoms with E-state index in [4.69, 9.17) is 5.73 Å². The maximum atomic E-state index is 12.6. The fraction of sp³-hybridized carbons (Fsp3) is 0.556. The second-order valence-electron chi connectivity index (χ2n) is 7.43. The van der Waals surface area contributed by atoms with Crippen LogP contribution in [0.2, 0.25) is 0 Å². The van der Waals surface area contributed by atoms with Gasteiger partial charge in [-0.05, 0) is 45.7 Å². The quantitative estimate of drug-likeness (QED) is 0.889. The lowest BCUT2D eigenvalue weighted by atomic mass is 9.80. The van der Waals surface area contributed by atoms with Crippen LogP contribution in [0.1, 0.15) is 44.0 Å². The van der Waals surface area contributed by atoms with Crippen molar-refractivity contribution in [3.63, 3.8) is 0 Å². The number of carbonyl (C=O) groups is 2. The van der Waals surface area contributed by atoms with Gasteiger partial charge in [0.2, 0.25) is 5.91 Å². The molecule has 3 N–H and O–H groups in total. The number of benzene rings is 1. The van der Waals surface area contributed by atoms with Crippen LogP contribution in [0.4, 0.5) is 0 Å². The Labute approximate surface area is 138 Å². The number of amides is 2. The van der Waals surface area contributed by atoms with E-state index < -0.39 is 11.0 Å². The van der Waals surface area contributed by atoms with Gasteiger partial charge >= 0.3 is 0 Å². The van der Waals surface area contributed by atoms with Gasteiger partial charge in [-0.25, -0.2) is 0 Å². The molecule has 1 aliphatic heterocycles. The predicted octanol–water partition coefficient (Wildman–Crippen LogP) is 1.78. The number of nitrogens with one attached hydrogen (secondary N) is 1. The van der Waals surface area contributed by atoms with Gasteiger partial charge in [0.05, 0.1) is 5.41 Å². The van der Waals surface area contributed by atoms with Crippen molar-refractivity contribution < 1.29 is 9.59 Å². The zero-order chi connectivity index (χ0) is 17.1. The van der Waals surface area contributed by atoms with Crippen LogP contribution in [-0.2, 0) is 4.79 Å². The van der Waals surface area contributed by atoms with Crippen molar-refractivity contribution >= 4 is 11.8 Å². The molecule has 1 aromatic rings. The molecule has 126 valence electrons. The van der Waals surface area contributed by atoms with Crippen LogP contribution in [0.25, 0.3) is 0 Å². The minimum absolute atomic E-state index is 0.0107. The highest BCUT2D eigenvalue weighted by molar-refractivity contribution is 5.95. The highest BCUT2D eigenvalue weighted by atomic mass is 16.2. The Morgan fingerprint density at radius 1 is 1.30 bits per heavy atom. The van der Waals surface area contributed by atoms with Crippen molar-refractivity contribution in [2.24, 2.45) is 11.1 Å². The summed E-state index contributed by atoms with van der Waals surface area (Å²) in [7, 11) is 0. The summed E-state index contributed by atoms with van der Waals surface area (Å²) >= 11 is 0. The molecule has 2 amide bonds. The normalized spacial score (nSPS) is 21.8. The maximum absolute atomic E-state index is 12.6. The van der Waals surface area contributed by atoms with Gasteiger partial charge in [0, 0.05) is 30.7 Å². The summed E-state index contributed by atoms with van der Waals surface area (Å²) in [6.45, 7) is 7.24. The van der Waals surface area contributed by atoms with Gasteiger partial charge < -0.3 is 16.0 Å². The number of rotatable bonds is 4. The van der Waals surface area contributed by atoms with Gasteiger partial charge in [-0.15, -0.1) is 0 Å². The molecule has 1 heterocycles. The van der Waals surface area contributed by atoms with Crippen molar-refractivity contribution in [2.75, 3.05) is 19.6 Å². The zero-order valence-electron chi connectivity index (χ0n) is 14.3. The van der Waals surface area contributed by atoms with Crippen molar-refractivity contribution in [2.45, 2.75) is 39.2 Å². The second-order valence-corrected chi connectivity index (χ2v) is 7.43. The third-order valence-corrected chi connectivity index (χ3v) is 4.26. The molecule has 0 bridgehead atoms. The molecule has 1 saturated heterocycles. The zero-order valence-corrected chi connectivity index (χ0v) is 14.3. The Balaban J connectivity index is 2.04. The molecule has 0 saturated carbocycles. The molecule has 5 heteroatoms. The summed E-state index contributed by atoms with van der Waals surface area (Å²) in [4.78, 5) is 27.0. The third kappa shape index (κ3) is 4.55. The number of likely N-dealkylation sites (tertiary alicyclic amines) is 1. The molecule has 1 aromatic carbocycles. The number of nitrogens with zero attached hydrogens (tertiary/aromatic N) is 1. The SMILES string of the molecule is CC(C)(N)CNC(=O)C1(C)CCCN(C(=O)c2ccccc2)C1. The van der Waals surface area contributed by atoms with Crippen LogP contribution in [0.3, 0.4) is 0 Å². The fourth-order valence-electron chi connectivity index (χ4n) is 2.88. The predicted molar refractivity (Wildman–Crippen MR) is 91.0 cm³/mol. The molecule has 1 unspecified atom stereocenters. The Hall–Kier alpha value is -1.88. The smallest absolute Gasteiger partial charge is 0.253 e. The third-order valence-electron chi connectivity index (χ3n) is 4.26. The molecule has 1 fully saturated rings. The van der Waals surface area contributed by atoms with Crippen molar-refractivity contribution in [3.05, 3.63) is 35.9 Å². The molecular weight excluding hydrogens is 290 g/mol. The van der Waals surface area contributed by atoms with Gasteiger partial charge in [-0.3, -0.25) is 9.59 Å². The van der Waals surface area contributed by atoms with Gasteiger partial charge in [0.15, 0.2) is 0 Å². The lowest BCUT2D eigenvalue weighted by molar-refractivity contribution is -0.132. The number of hydrogen-bond donors (Lipinski definition) is 2. The fourth-order valence-corrected chi connectivity index (χ4v) is 2.88. The maximum Gasteiger partial charge on any atom is 0.253 e. The highest BCUT2D eigenvalue weighted by Gasteiger charge is 2.39.